The monoisotopic (exact) mass is 259 g/mol. The molecule has 0 radical (unpaired) electrons. The molecule has 19 heavy (non-hydrogen) atoms. The van der Waals surface area contributed by atoms with E-state index in [0.717, 1.165) is 15.5 Å². The van der Waals surface area contributed by atoms with Crippen LogP contribution in [-0.4, -0.2) is 16.3 Å². The van der Waals surface area contributed by atoms with Crippen LogP contribution in [0.1, 0.15) is 26.3 Å². The Morgan fingerprint density at radius 2 is 1.84 bits per heavy atom. The number of aromatic nitrogens is 1. The zero-order valence-electron chi connectivity index (χ0n) is 11.6. The maximum atomic E-state index is 12.1. The molecule has 0 saturated heterocycles. The molecular weight excluding hydrogens is 242 g/mol. The van der Waals surface area contributed by atoms with E-state index < -0.39 is 11.7 Å². The molecule has 0 atom stereocenters. The van der Waals surface area contributed by atoms with Crippen LogP contribution in [0, 0.1) is 6.92 Å². The van der Waals surface area contributed by atoms with Crippen molar-refractivity contribution in [3.63, 3.8) is 0 Å². The first-order chi connectivity index (χ1) is 8.78. The largest absolute Gasteiger partial charge is 0.443 e. The fraction of sp³-hybridized carbons (Fsp3) is 0.333. The first kappa shape index (κ1) is 13.3. The molecule has 4 heteroatoms. The Morgan fingerprint density at radius 3 is 2.47 bits per heavy atom. The van der Waals surface area contributed by atoms with E-state index in [2.05, 4.69) is 0 Å². The van der Waals surface area contributed by atoms with Gasteiger partial charge in [0.2, 0.25) is 0 Å². The average molecular weight is 259 g/mol. The summed E-state index contributed by atoms with van der Waals surface area (Å²) in [6, 6.07) is 8.64. The second-order valence-corrected chi connectivity index (χ2v) is 5.55. The zero-order valence-corrected chi connectivity index (χ0v) is 11.6. The predicted molar refractivity (Wildman–Crippen MR) is 74.6 cm³/mol. The fourth-order valence-corrected chi connectivity index (χ4v) is 1.86. The SMILES string of the molecule is Cc1ccc2c(ccc(=O)n2C(=O)OC(C)(C)C)c1. The molecule has 0 unspecified atom stereocenters. The van der Waals surface area contributed by atoms with E-state index >= 15 is 0 Å². The number of aryl methyl sites for hydroxylation is 1. The Morgan fingerprint density at radius 1 is 1.16 bits per heavy atom. The summed E-state index contributed by atoms with van der Waals surface area (Å²) in [6.45, 7) is 7.27. The van der Waals surface area contributed by atoms with Crippen molar-refractivity contribution in [1.82, 2.24) is 4.57 Å². The van der Waals surface area contributed by atoms with Crippen LogP contribution in [0.5, 0.6) is 0 Å². The summed E-state index contributed by atoms with van der Waals surface area (Å²) < 4.78 is 6.34. The van der Waals surface area contributed by atoms with Gasteiger partial charge >= 0.3 is 6.09 Å². The number of pyridine rings is 1. The van der Waals surface area contributed by atoms with Crippen molar-refractivity contribution in [2.24, 2.45) is 0 Å². The minimum atomic E-state index is -0.646. The number of hydrogen-bond donors (Lipinski definition) is 0. The molecule has 0 saturated carbocycles. The summed E-state index contributed by atoms with van der Waals surface area (Å²) in [5.41, 5.74) is 0.614. The molecule has 0 aliphatic heterocycles. The van der Waals surface area contributed by atoms with Gasteiger partial charge in [-0.05, 0) is 51.3 Å². The van der Waals surface area contributed by atoms with Crippen LogP contribution in [0.15, 0.2) is 35.1 Å². The van der Waals surface area contributed by atoms with Gasteiger partial charge in [0.15, 0.2) is 0 Å². The summed E-state index contributed by atoms with van der Waals surface area (Å²) in [6.07, 6.45) is -0.646. The van der Waals surface area contributed by atoms with Gasteiger partial charge in [0.05, 0.1) is 5.52 Å². The van der Waals surface area contributed by atoms with E-state index in [1.165, 1.54) is 6.07 Å². The second-order valence-electron chi connectivity index (χ2n) is 5.55. The average Bonchev–Trinajstić information content (AvgIpc) is 2.26. The molecule has 0 fully saturated rings. The molecule has 2 rings (SSSR count). The van der Waals surface area contributed by atoms with Crippen LogP contribution in [-0.2, 0) is 4.74 Å². The number of carbonyl (C=O) groups excluding carboxylic acids is 1. The van der Waals surface area contributed by atoms with Crippen LogP contribution in [0.4, 0.5) is 4.79 Å². The first-order valence-corrected chi connectivity index (χ1v) is 6.14. The van der Waals surface area contributed by atoms with E-state index in [4.69, 9.17) is 4.74 Å². The molecule has 2 aromatic rings. The molecule has 0 N–H and O–H groups in total. The van der Waals surface area contributed by atoms with Crippen LogP contribution >= 0.6 is 0 Å². The smallest absolute Gasteiger partial charge is 0.422 e. The molecule has 0 spiro atoms. The Kier molecular flexibility index (Phi) is 3.18. The highest BCUT2D eigenvalue weighted by Gasteiger charge is 2.20. The number of hydrogen-bond acceptors (Lipinski definition) is 3. The summed E-state index contributed by atoms with van der Waals surface area (Å²) >= 11 is 0. The highest BCUT2D eigenvalue weighted by molar-refractivity contribution is 5.88. The molecule has 1 aromatic heterocycles. The molecule has 0 bridgehead atoms. The standard InChI is InChI=1S/C15H17NO3/c1-10-5-7-12-11(9-10)6-8-13(17)16(12)14(18)19-15(2,3)4/h5-9H,1-4H3. The number of fused-ring (bicyclic) bond motifs is 1. The van der Waals surface area contributed by atoms with Gasteiger partial charge in [-0.3, -0.25) is 4.79 Å². The van der Waals surface area contributed by atoms with Gasteiger partial charge in [0, 0.05) is 6.07 Å². The summed E-state index contributed by atoms with van der Waals surface area (Å²) in [4.78, 5) is 24.0. The van der Waals surface area contributed by atoms with E-state index in [-0.39, 0.29) is 5.56 Å². The minimum Gasteiger partial charge on any atom is -0.443 e. The van der Waals surface area contributed by atoms with E-state index in [1.807, 2.05) is 19.1 Å². The number of benzene rings is 1. The molecular formula is C15H17NO3. The van der Waals surface area contributed by atoms with Crippen LogP contribution in [0.2, 0.25) is 0 Å². The Balaban J connectivity index is 2.62. The van der Waals surface area contributed by atoms with Gasteiger partial charge in [-0.2, -0.15) is 0 Å². The summed E-state index contributed by atoms with van der Waals surface area (Å²) in [7, 11) is 0. The third-order valence-corrected chi connectivity index (χ3v) is 2.63. The third kappa shape index (κ3) is 2.84. The van der Waals surface area contributed by atoms with Crippen molar-refractivity contribution in [2.75, 3.05) is 0 Å². The van der Waals surface area contributed by atoms with Crippen LogP contribution in [0.3, 0.4) is 0 Å². The van der Waals surface area contributed by atoms with Crippen LogP contribution < -0.4 is 5.56 Å². The maximum Gasteiger partial charge on any atom is 0.422 e. The minimum absolute atomic E-state index is 0.384. The highest BCUT2D eigenvalue weighted by Crippen LogP contribution is 2.16. The van der Waals surface area contributed by atoms with Crippen molar-refractivity contribution in [2.45, 2.75) is 33.3 Å². The van der Waals surface area contributed by atoms with Crippen molar-refractivity contribution in [3.05, 3.63) is 46.2 Å². The molecule has 0 aliphatic carbocycles. The maximum absolute atomic E-state index is 12.1. The predicted octanol–water partition coefficient (Wildman–Crippen LogP) is 3.09. The van der Waals surface area contributed by atoms with Crippen molar-refractivity contribution >= 4 is 17.0 Å². The van der Waals surface area contributed by atoms with Gasteiger partial charge in [-0.15, -0.1) is 0 Å². The van der Waals surface area contributed by atoms with Crippen molar-refractivity contribution in [3.8, 4) is 0 Å². The lowest BCUT2D eigenvalue weighted by Crippen LogP contribution is -2.33. The lowest BCUT2D eigenvalue weighted by atomic mass is 10.1. The third-order valence-electron chi connectivity index (χ3n) is 2.63. The zero-order chi connectivity index (χ0) is 14.2. The van der Waals surface area contributed by atoms with Crippen molar-refractivity contribution < 1.29 is 9.53 Å². The lowest BCUT2D eigenvalue weighted by Gasteiger charge is -2.20. The van der Waals surface area contributed by atoms with Crippen LogP contribution in [0.25, 0.3) is 10.9 Å². The topological polar surface area (TPSA) is 48.3 Å². The molecule has 1 heterocycles. The number of rotatable bonds is 0. The number of ether oxygens (including phenoxy) is 1. The van der Waals surface area contributed by atoms with Gasteiger partial charge in [0.1, 0.15) is 5.60 Å². The van der Waals surface area contributed by atoms with E-state index in [0.29, 0.717) is 5.52 Å². The normalized spacial score (nSPS) is 11.6. The molecule has 0 aliphatic rings. The molecule has 4 nitrogen and oxygen atoms in total. The number of nitrogens with zero attached hydrogens (tertiary/aromatic N) is 1. The fourth-order valence-electron chi connectivity index (χ4n) is 1.86. The van der Waals surface area contributed by atoms with Crippen molar-refractivity contribution in [1.29, 1.82) is 0 Å². The van der Waals surface area contributed by atoms with E-state index in [9.17, 15) is 9.59 Å². The molecule has 0 amide bonds. The molecule has 1 aromatic carbocycles. The first-order valence-electron chi connectivity index (χ1n) is 6.14. The Hall–Kier alpha value is -2.10. The lowest BCUT2D eigenvalue weighted by molar-refractivity contribution is 0.0538. The summed E-state index contributed by atoms with van der Waals surface area (Å²) in [5.74, 6) is 0. The van der Waals surface area contributed by atoms with Gasteiger partial charge in [0.25, 0.3) is 5.56 Å². The van der Waals surface area contributed by atoms with E-state index in [1.54, 1.807) is 32.9 Å². The Labute approximate surface area is 111 Å². The Bertz CT molecular complexity index is 693. The van der Waals surface area contributed by atoms with Gasteiger partial charge in [-0.1, -0.05) is 11.6 Å². The second kappa shape index (κ2) is 4.53. The summed E-state index contributed by atoms with van der Waals surface area (Å²) in [5, 5.41) is 0.838. The quantitative estimate of drug-likeness (QED) is 0.730. The van der Waals surface area contributed by atoms with Gasteiger partial charge < -0.3 is 4.74 Å². The molecule has 100 valence electrons. The van der Waals surface area contributed by atoms with Gasteiger partial charge in [-0.25, -0.2) is 9.36 Å². The number of carbonyl (C=O) groups is 1. The highest BCUT2D eigenvalue weighted by atomic mass is 16.6.